The van der Waals surface area contributed by atoms with Gasteiger partial charge in [0, 0.05) is 38.7 Å². The zero-order valence-electron chi connectivity index (χ0n) is 16.2. The van der Waals surface area contributed by atoms with E-state index in [9.17, 15) is 14.9 Å². The Morgan fingerprint density at radius 1 is 1.10 bits per heavy atom. The van der Waals surface area contributed by atoms with E-state index in [1.165, 1.54) is 11.6 Å². The largest absolute Gasteiger partial charge is 0.357 e. The highest BCUT2D eigenvalue weighted by atomic mass is 16.5. The molecule has 4 rings (SSSR count). The van der Waals surface area contributed by atoms with Crippen LogP contribution in [0.2, 0.25) is 0 Å². The Labute approximate surface area is 166 Å². The standard InChI is InChI=1S/C20H20N6O3/c1-24-18(15(12-21)19(27)25(2)20(24)28)26-10-8-14(9-11-26)17-22-16(23-29-17)13-6-4-3-5-7-13/h3-7,14H,8-11H2,1-2H3. The molecular weight excluding hydrogens is 372 g/mol. The molecule has 0 saturated carbocycles. The number of anilines is 1. The van der Waals surface area contributed by atoms with Gasteiger partial charge in [-0.3, -0.25) is 13.9 Å². The van der Waals surface area contributed by atoms with E-state index in [0.717, 1.165) is 10.1 Å². The number of nitrogens with zero attached hydrogens (tertiary/aromatic N) is 6. The summed E-state index contributed by atoms with van der Waals surface area (Å²) in [4.78, 5) is 31.1. The molecule has 0 spiro atoms. The van der Waals surface area contributed by atoms with Gasteiger partial charge in [-0.2, -0.15) is 10.2 Å². The first kappa shape index (κ1) is 18.7. The summed E-state index contributed by atoms with van der Waals surface area (Å²) in [5.41, 5.74) is -0.140. The maximum Gasteiger partial charge on any atom is 0.332 e. The first-order valence-corrected chi connectivity index (χ1v) is 9.35. The van der Waals surface area contributed by atoms with Crippen LogP contribution in [0.3, 0.4) is 0 Å². The molecule has 1 aliphatic rings. The highest BCUT2D eigenvalue weighted by molar-refractivity contribution is 5.55. The van der Waals surface area contributed by atoms with E-state index in [-0.39, 0.29) is 11.5 Å². The Hall–Kier alpha value is -3.67. The quantitative estimate of drug-likeness (QED) is 0.662. The molecule has 0 atom stereocenters. The third-order valence-electron chi connectivity index (χ3n) is 5.36. The second-order valence-corrected chi connectivity index (χ2v) is 7.10. The molecule has 0 unspecified atom stereocenters. The highest BCUT2D eigenvalue weighted by Gasteiger charge is 2.29. The van der Waals surface area contributed by atoms with Gasteiger partial charge in [-0.05, 0) is 12.8 Å². The van der Waals surface area contributed by atoms with Gasteiger partial charge in [-0.15, -0.1) is 0 Å². The molecule has 9 nitrogen and oxygen atoms in total. The van der Waals surface area contributed by atoms with Crippen LogP contribution in [0.4, 0.5) is 5.82 Å². The average molecular weight is 392 g/mol. The predicted octanol–water partition coefficient (Wildman–Crippen LogP) is 1.39. The summed E-state index contributed by atoms with van der Waals surface area (Å²) < 4.78 is 7.80. The van der Waals surface area contributed by atoms with Crippen LogP contribution in [0.1, 0.15) is 30.2 Å². The van der Waals surface area contributed by atoms with Gasteiger partial charge < -0.3 is 9.42 Å². The van der Waals surface area contributed by atoms with E-state index in [0.29, 0.717) is 43.5 Å². The molecule has 1 saturated heterocycles. The van der Waals surface area contributed by atoms with Crippen molar-refractivity contribution < 1.29 is 4.52 Å². The van der Waals surface area contributed by atoms with Crippen LogP contribution >= 0.6 is 0 Å². The number of piperidine rings is 1. The van der Waals surface area contributed by atoms with Gasteiger partial charge in [-0.25, -0.2) is 4.79 Å². The molecule has 148 valence electrons. The first-order valence-electron chi connectivity index (χ1n) is 9.35. The van der Waals surface area contributed by atoms with Crippen molar-refractivity contribution in [3.8, 4) is 17.5 Å². The molecule has 2 aromatic heterocycles. The van der Waals surface area contributed by atoms with Crippen LogP contribution in [0.5, 0.6) is 0 Å². The smallest absolute Gasteiger partial charge is 0.332 e. The summed E-state index contributed by atoms with van der Waals surface area (Å²) in [5, 5.41) is 13.6. The number of hydrogen-bond donors (Lipinski definition) is 0. The van der Waals surface area contributed by atoms with E-state index in [4.69, 9.17) is 4.52 Å². The number of aromatic nitrogens is 4. The van der Waals surface area contributed by atoms with Gasteiger partial charge >= 0.3 is 5.69 Å². The lowest BCUT2D eigenvalue weighted by molar-refractivity contribution is 0.328. The van der Waals surface area contributed by atoms with Crippen molar-refractivity contribution in [3.63, 3.8) is 0 Å². The fraction of sp³-hybridized carbons (Fsp3) is 0.350. The van der Waals surface area contributed by atoms with Gasteiger partial charge in [-0.1, -0.05) is 35.5 Å². The average Bonchev–Trinajstić information content (AvgIpc) is 3.26. The SMILES string of the molecule is Cn1c(N2CCC(c3nc(-c4ccccc4)no3)CC2)c(C#N)c(=O)n(C)c1=O. The summed E-state index contributed by atoms with van der Waals surface area (Å²) in [6, 6.07) is 11.6. The van der Waals surface area contributed by atoms with Crippen molar-refractivity contribution in [1.29, 1.82) is 5.26 Å². The Morgan fingerprint density at radius 2 is 1.79 bits per heavy atom. The molecule has 3 aromatic rings. The Balaban J connectivity index is 1.56. The summed E-state index contributed by atoms with van der Waals surface area (Å²) >= 11 is 0. The summed E-state index contributed by atoms with van der Waals surface area (Å²) in [6.45, 7) is 1.14. The molecule has 1 aromatic carbocycles. The third kappa shape index (κ3) is 3.23. The Morgan fingerprint density at radius 3 is 2.45 bits per heavy atom. The van der Waals surface area contributed by atoms with Crippen molar-refractivity contribution in [1.82, 2.24) is 19.3 Å². The summed E-state index contributed by atoms with van der Waals surface area (Å²) in [5.74, 6) is 1.60. The molecule has 0 aliphatic carbocycles. The lowest BCUT2D eigenvalue weighted by atomic mass is 9.96. The van der Waals surface area contributed by atoms with E-state index >= 15 is 0 Å². The molecule has 0 bridgehead atoms. The topological polar surface area (TPSA) is 110 Å². The molecule has 3 heterocycles. The van der Waals surface area contributed by atoms with Crippen LogP contribution in [0, 0.1) is 11.3 Å². The molecule has 1 aliphatic heterocycles. The van der Waals surface area contributed by atoms with Gasteiger partial charge in [0.1, 0.15) is 11.9 Å². The van der Waals surface area contributed by atoms with Crippen molar-refractivity contribution in [3.05, 3.63) is 62.6 Å². The second-order valence-electron chi connectivity index (χ2n) is 7.10. The zero-order valence-corrected chi connectivity index (χ0v) is 16.2. The highest BCUT2D eigenvalue weighted by Crippen LogP contribution is 2.30. The molecule has 29 heavy (non-hydrogen) atoms. The molecule has 0 radical (unpaired) electrons. The number of rotatable bonds is 3. The zero-order chi connectivity index (χ0) is 20.5. The van der Waals surface area contributed by atoms with Crippen LogP contribution < -0.4 is 16.1 Å². The van der Waals surface area contributed by atoms with Crippen molar-refractivity contribution >= 4 is 5.82 Å². The fourth-order valence-corrected chi connectivity index (χ4v) is 3.75. The lowest BCUT2D eigenvalue weighted by Crippen LogP contribution is -2.44. The number of nitriles is 1. The van der Waals surface area contributed by atoms with Gasteiger partial charge in [0.15, 0.2) is 5.56 Å². The predicted molar refractivity (Wildman–Crippen MR) is 106 cm³/mol. The fourth-order valence-electron chi connectivity index (χ4n) is 3.75. The monoisotopic (exact) mass is 392 g/mol. The minimum atomic E-state index is -0.572. The maximum atomic E-state index is 12.3. The van der Waals surface area contributed by atoms with E-state index in [1.54, 1.807) is 7.05 Å². The van der Waals surface area contributed by atoms with Gasteiger partial charge in [0.25, 0.3) is 5.56 Å². The Bertz CT molecular complexity index is 1190. The first-order chi connectivity index (χ1) is 14.0. The minimum absolute atomic E-state index is 0.0165. The summed E-state index contributed by atoms with van der Waals surface area (Å²) in [7, 11) is 2.95. The lowest BCUT2D eigenvalue weighted by Gasteiger charge is -2.33. The molecule has 0 amide bonds. The minimum Gasteiger partial charge on any atom is -0.357 e. The van der Waals surface area contributed by atoms with E-state index in [1.807, 2.05) is 41.3 Å². The second kappa shape index (κ2) is 7.39. The Kier molecular flexibility index (Phi) is 4.76. The van der Waals surface area contributed by atoms with Crippen LogP contribution in [0.15, 0.2) is 44.4 Å². The van der Waals surface area contributed by atoms with Crippen molar-refractivity contribution in [2.75, 3.05) is 18.0 Å². The number of benzene rings is 1. The molecule has 9 heteroatoms. The van der Waals surface area contributed by atoms with Crippen LogP contribution in [-0.4, -0.2) is 32.4 Å². The number of hydrogen-bond acceptors (Lipinski definition) is 7. The molecule has 1 fully saturated rings. The van der Waals surface area contributed by atoms with Gasteiger partial charge in [0.2, 0.25) is 11.7 Å². The molecular formula is C20H20N6O3. The third-order valence-corrected chi connectivity index (χ3v) is 5.36. The van der Waals surface area contributed by atoms with Gasteiger partial charge in [0.05, 0.1) is 0 Å². The van der Waals surface area contributed by atoms with Crippen molar-refractivity contribution in [2.45, 2.75) is 18.8 Å². The van der Waals surface area contributed by atoms with E-state index in [2.05, 4.69) is 10.1 Å². The normalized spacial score (nSPS) is 14.7. The summed E-state index contributed by atoms with van der Waals surface area (Å²) in [6.07, 6.45) is 1.43. The van der Waals surface area contributed by atoms with Crippen LogP contribution in [-0.2, 0) is 14.1 Å². The maximum absolute atomic E-state index is 12.3. The molecule has 0 N–H and O–H groups in total. The van der Waals surface area contributed by atoms with Crippen LogP contribution in [0.25, 0.3) is 11.4 Å². The van der Waals surface area contributed by atoms with Crippen molar-refractivity contribution in [2.24, 2.45) is 14.1 Å². The van der Waals surface area contributed by atoms with E-state index < -0.39 is 11.2 Å².